The van der Waals surface area contributed by atoms with Gasteiger partial charge in [0.15, 0.2) is 5.65 Å². The van der Waals surface area contributed by atoms with Crippen molar-refractivity contribution in [2.45, 2.75) is 38.3 Å². The number of aromatic amines is 1. The molecule has 0 saturated heterocycles. The van der Waals surface area contributed by atoms with E-state index in [1.807, 2.05) is 12.4 Å². The van der Waals surface area contributed by atoms with Crippen LogP contribution in [0.2, 0.25) is 0 Å². The van der Waals surface area contributed by atoms with Crippen molar-refractivity contribution in [1.29, 1.82) is 0 Å². The first-order chi connectivity index (χ1) is 14.6. The lowest BCUT2D eigenvalue weighted by Crippen LogP contribution is -2.28. The van der Waals surface area contributed by atoms with E-state index in [-0.39, 0.29) is 18.0 Å². The van der Waals surface area contributed by atoms with Crippen LogP contribution in [0.3, 0.4) is 0 Å². The van der Waals surface area contributed by atoms with Gasteiger partial charge in [-0.3, -0.25) is 9.59 Å². The van der Waals surface area contributed by atoms with Crippen molar-refractivity contribution < 1.29 is 4.79 Å². The van der Waals surface area contributed by atoms with E-state index in [0.29, 0.717) is 28.3 Å². The number of fused-ring (bicyclic) bond motifs is 2. The van der Waals surface area contributed by atoms with Crippen LogP contribution < -0.4 is 5.56 Å². The van der Waals surface area contributed by atoms with Gasteiger partial charge in [0.05, 0.1) is 29.3 Å². The molecule has 3 heterocycles. The molecule has 0 spiro atoms. The summed E-state index contributed by atoms with van der Waals surface area (Å²) in [6, 6.07) is 9.37. The van der Waals surface area contributed by atoms with E-state index >= 15 is 0 Å². The molecule has 8 nitrogen and oxygen atoms in total. The summed E-state index contributed by atoms with van der Waals surface area (Å²) in [5.41, 5.74) is 2.40. The van der Waals surface area contributed by atoms with E-state index in [9.17, 15) is 9.59 Å². The SMILES string of the molecule is CN(Cc1nc2ccccc2c(=O)[nH]1)C(=O)c1cnc2c(c1)ncn2C1CCCC1. The Morgan fingerprint density at radius 3 is 2.83 bits per heavy atom. The van der Waals surface area contributed by atoms with E-state index in [1.54, 1.807) is 37.5 Å². The van der Waals surface area contributed by atoms with Crippen molar-refractivity contribution >= 4 is 28.0 Å². The predicted molar refractivity (Wildman–Crippen MR) is 113 cm³/mol. The first kappa shape index (κ1) is 18.5. The molecular formula is C22H22N6O2. The lowest BCUT2D eigenvalue weighted by Gasteiger charge is -2.17. The number of carbonyl (C=O) groups is 1. The van der Waals surface area contributed by atoms with Crippen LogP contribution in [0.25, 0.3) is 22.1 Å². The van der Waals surface area contributed by atoms with Crippen molar-refractivity contribution in [2.75, 3.05) is 7.05 Å². The van der Waals surface area contributed by atoms with Gasteiger partial charge in [-0.1, -0.05) is 25.0 Å². The molecular weight excluding hydrogens is 380 g/mol. The highest BCUT2D eigenvalue weighted by Gasteiger charge is 2.21. The van der Waals surface area contributed by atoms with Gasteiger partial charge in [-0.25, -0.2) is 15.0 Å². The lowest BCUT2D eigenvalue weighted by molar-refractivity contribution is 0.0781. The minimum Gasteiger partial charge on any atom is -0.334 e. The normalized spacial score (nSPS) is 14.6. The summed E-state index contributed by atoms with van der Waals surface area (Å²) < 4.78 is 2.13. The summed E-state index contributed by atoms with van der Waals surface area (Å²) in [5.74, 6) is 0.240. The Kier molecular flexibility index (Phi) is 4.54. The van der Waals surface area contributed by atoms with Crippen LogP contribution in [-0.2, 0) is 6.54 Å². The van der Waals surface area contributed by atoms with Crippen molar-refractivity contribution in [2.24, 2.45) is 0 Å². The summed E-state index contributed by atoms with van der Waals surface area (Å²) in [6.45, 7) is 0.188. The van der Waals surface area contributed by atoms with Crippen LogP contribution in [0.5, 0.6) is 0 Å². The second kappa shape index (κ2) is 7.37. The summed E-state index contributed by atoms with van der Waals surface area (Å²) in [4.78, 5) is 42.9. The zero-order chi connectivity index (χ0) is 20.7. The number of H-pyrrole nitrogens is 1. The standard InChI is InChI=1S/C22H22N6O2/c1-27(12-19-25-17-9-5-4-8-16(17)21(29)26-19)22(30)14-10-18-20(23-11-14)28(13-24-18)15-6-2-3-7-15/h4-5,8-11,13,15H,2-3,6-7,12H2,1H3,(H,25,26,29). The minimum atomic E-state index is -0.211. The van der Waals surface area contributed by atoms with E-state index < -0.39 is 0 Å². The summed E-state index contributed by atoms with van der Waals surface area (Å²) >= 11 is 0. The zero-order valence-corrected chi connectivity index (χ0v) is 16.7. The van der Waals surface area contributed by atoms with Gasteiger partial charge < -0.3 is 14.5 Å². The molecule has 0 unspecified atom stereocenters. The number of nitrogens with one attached hydrogen (secondary N) is 1. The molecule has 0 bridgehead atoms. The predicted octanol–water partition coefficient (Wildman–Crippen LogP) is 3.06. The van der Waals surface area contributed by atoms with Gasteiger partial charge in [0.1, 0.15) is 11.3 Å². The first-order valence-corrected chi connectivity index (χ1v) is 10.2. The van der Waals surface area contributed by atoms with Gasteiger partial charge >= 0.3 is 0 Å². The van der Waals surface area contributed by atoms with Crippen molar-refractivity contribution in [1.82, 2.24) is 29.4 Å². The van der Waals surface area contributed by atoms with Gasteiger partial charge in [0.2, 0.25) is 0 Å². The maximum absolute atomic E-state index is 12.9. The molecule has 1 aliphatic carbocycles. The van der Waals surface area contributed by atoms with Crippen molar-refractivity contribution in [3.05, 3.63) is 64.6 Å². The Hall–Kier alpha value is -3.55. The number of pyridine rings is 1. The average Bonchev–Trinajstić information content (AvgIpc) is 3.42. The minimum absolute atomic E-state index is 0.188. The number of imidazole rings is 1. The number of hydrogen-bond donors (Lipinski definition) is 1. The molecule has 0 atom stereocenters. The van der Waals surface area contributed by atoms with Crippen LogP contribution in [0, 0.1) is 0 Å². The molecule has 1 aliphatic rings. The molecule has 4 aromatic rings. The maximum atomic E-state index is 12.9. The molecule has 1 fully saturated rings. The summed E-state index contributed by atoms with van der Waals surface area (Å²) in [5, 5.41) is 0.530. The monoisotopic (exact) mass is 402 g/mol. The van der Waals surface area contributed by atoms with Crippen molar-refractivity contribution in [3.63, 3.8) is 0 Å². The fraction of sp³-hybridized carbons (Fsp3) is 0.318. The molecule has 1 aromatic carbocycles. The molecule has 30 heavy (non-hydrogen) atoms. The van der Waals surface area contributed by atoms with E-state index in [1.165, 1.54) is 17.7 Å². The second-order valence-electron chi connectivity index (χ2n) is 7.85. The van der Waals surface area contributed by atoms with E-state index in [2.05, 4.69) is 24.5 Å². The topological polar surface area (TPSA) is 96.8 Å². The Morgan fingerprint density at radius 1 is 1.20 bits per heavy atom. The summed E-state index contributed by atoms with van der Waals surface area (Å²) in [7, 11) is 1.68. The molecule has 0 aliphatic heterocycles. The van der Waals surface area contributed by atoms with E-state index in [0.717, 1.165) is 24.0 Å². The fourth-order valence-electron chi connectivity index (χ4n) is 4.21. The fourth-order valence-corrected chi connectivity index (χ4v) is 4.21. The number of nitrogens with zero attached hydrogens (tertiary/aromatic N) is 5. The quantitative estimate of drug-likeness (QED) is 0.566. The molecule has 152 valence electrons. The van der Waals surface area contributed by atoms with E-state index in [4.69, 9.17) is 0 Å². The third kappa shape index (κ3) is 3.24. The molecule has 1 amide bonds. The van der Waals surface area contributed by atoms with Crippen LogP contribution >= 0.6 is 0 Å². The molecule has 5 rings (SSSR count). The first-order valence-electron chi connectivity index (χ1n) is 10.2. The second-order valence-corrected chi connectivity index (χ2v) is 7.85. The number of amides is 1. The van der Waals surface area contributed by atoms with Crippen molar-refractivity contribution in [3.8, 4) is 0 Å². The number of para-hydroxylation sites is 1. The largest absolute Gasteiger partial charge is 0.334 e. The Balaban J connectivity index is 1.38. The Bertz CT molecular complexity index is 1300. The van der Waals surface area contributed by atoms with Gasteiger partial charge in [-0.2, -0.15) is 0 Å². The van der Waals surface area contributed by atoms with Crippen LogP contribution in [0.4, 0.5) is 0 Å². The molecule has 3 aromatic heterocycles. The highest BCUT2D eigenvalue weighted by atomic mass is 16.2. The van der Waals surface area contributed by atoms with Crippen LogP contribution in [-0.4, -0.2) is 42.4 Å². The molecule has 1 N–H and O–H groups in total. The molecule has 0 radical (unpaired) electrons. The number of carbonyl (C=O) groups excluding carboxylic acids is 1. The number of benzene rings is 1. The number of aromatic nitrogens is 5. The number of rotatable bonds is 4. The van der Waals surface area contributed by atoms with Crippen LogP contribution in [0.1, 0.15) is 47.9 Å². The Morgan fingerprint density at radius 2 is 2.00 bits per heavy atom. The zero-order valence-electron chi connectivity index (χ0n) is 16.7. The third-order valence-electron chi connectivity index (χ3n) is 5.77. The summed E-state index contributed by atoms with van der Waals surface area (Å²) in [6.07, 6.45) is 8.19. The van der Waals surface area contributed by atoms with Crippen LogP contribution in [0.15, 0.2) is 47.7 Å². The van der Waals surface area contributed by atoms with Gasteiger partial charge in [0.25, 0.3) is 11.5 Å². The highest BCUT2D eigenvalue weighted by Crippen LogP contribution is 2.31. The smallest absolute Gasteiger partial charge is 0.258 e. The molecule has 1 saturated carbocycles. The van der Waals surface area contributed by atoms with Gasteiger partial charge in [0, 0.05) is 19.3 Å². The third-order valence-corrected chi connectivity index (χ3v) is 5.77. The number of hydrogen-bond acceptors (Lipinski definition) is 5. The molecule has 8 heteroatoms. The average molecular weight is 402 g/mol. The van der Waals surface area contributed by atoms with Gasteiger partial charge in [-0.05, 0) is 31.0 Å². The van der Waals surface area contributed by atoms with Gasteiger partial charge in [-0.15, -0.1) is 0 Å². The lowest BCUT2D eigenvalue weighted by atomic mass is 10.2. The maximum Gasteiger partial charge on any atom is 0.258 e. The Labute approximate surface area is 172 Å². The highest BCUT2D eigenvalue weighted by molar-refractivity contribution is 5.96.